The summed E-state index contributed by atoms with van der Waals surface area (Å²) in [6, 6.07) is 0. The first-order valence-electron chi connectivity index (χ1n) is 8.27. The van der Waals surface area contributed by atoms with Gasteiger partial charge in [0.1, 0.15) is 5.60 Å². The van der Waals surface area contributed by atoms with Crippen LogP contribution in [0.25, 0.3) is 0 Å². The van der Waals surface area contributed by atoms with Crippen LogP contribution in [0.4, 0.5) is 0 Å². The quantitative estimate of drug-likeness (QED) is 0.869. The lowest BCUT2D eigenvalue weighted by Crippen LogP contribution is -2.37. The molecule has 0 aliphatic heterocycles. The van der Waals surface area contributed by atoms with Crippen molar-refractivity contribution in [2.24, 2.45) is 11.7 Å². The van der Waals surface area contributed by atoms with Gasteiger partial charge in [0.2, 0.25) is 11.7 Å². The molecule has 0 saturated heterocycles. The van der Waals surface area contributed by atoms with Gasteiger partial charge in [0.25, 0.3) is 0 Å². The number of nitrogens with zero attached hydrogens (tertiary/aromatic N) is 2. The Bertz CT molecular complexity index is 446. The van der Waals surface area contributed by atoms with Crippen LogP contribution in [0.2, 0.25) is 0 Å². The third-order valence-electron chi connectivity index (χ3n) is 5.02. The molecule has 5 heteroatoms. The molecule has 2 N–H and O–H groups in total. The third kappa shape index (κ3) is 3.14. The van der Waals surface area contributed by atoms with Gasteiger partial charge in [-0.1, -0.05) is 25.9 Å². The molecule has 0 unspecified atom stereocenters. The number of rotatable bonds is 6. The van der Waals surface area contributed by atoms with Gasteiger partial charge in [-0.3, -0.25) is 0 Å². The molecule has 1 aromatic heterocycles. The number of nitrogens with two attached hydrogens (primary N) is 1. The van der Waals surface area contributed by atoms with E-state index in [1.807, 2.05) is 20.8 Å². The van der Waals surface area contributed by atoms with Crippen molar-refractivity contribution in [2.45, 2.75) is 77.4 Å². The summed E-state index contributed by atoms with van der Waals surface area (Å²) in [6.07, 6.45) is 5.75. The zero-order chi connectivity index (χ0) is 15.5. The van der Waals surface area contributed by atoms with Crippen LogP contribution >= 0.6 is 0 Å². The molecule has 0 amide bonds. The van der Waals surface area contributed by atoms with E-state index in [4.69, 9.17) is 15.0 Å². The van der Waals surface area contributed by atoms with Crippen molar-refractivity contribution in [3.8, 4) is 0 Å². The molecule has 0 spiro atoms. The van der Waals surface area contributed by atoms with Gasteiger partial charge in [-0.25, -0.2) is 0 Å². The van der Waals surface area contributed by atoms with E-state index in [2.05, 4.69) is 17.1 Å². The second-order valence-electron chi connectivity index (χ2n) is 6.40. The first-order chi connectivity index (χ1) is 9.99. The topological polar surface area (TPSA) is 74.2 Å². The van der Waals surface area contributed by atoms with E-state index in [0.29, 0.717) is 18.3 Å². The molecule has 1 aliphatic carbocycles. The molecule has 0 atom stereocenters. The Morgan fingerprint density at radius 2 is 1.90 bits per heavy atom. The fourth-order valence-corrected chi connectivity index (χ4v) is 3.10. The van der Waals surface area contributed by atoms with E-state index in [1.54, 1.807) is 0 Å². The highest BCUT2D eigenvalue weighted by Gasteiger charge is 2.42. The molecule has 0 aromatic carbocycles. The normalized spacial score (nSPS) is 27.0. The number of ether oxygens (including phenoxy) is 1. The zero-order valence-electron chi connectivity index (χ0n) is 13.8. The molecular formula is C16H29N3O2. The highest BCUT2D eigenvalue weighted by molar-refractivity contribution is 5.08. The molecule has 0 radical (unpaired) electrons. The average Bonchev–Trinajstić information content (AvgIpc) is 3.00. The summed E-state index contributed by atoms with van der Waals surface area (Å²) in [5.74, 6) is 1.97. The van der Waals surface area contributed by atoms with Crippen LogP contribution in [0.5, 0.6) is 0 Å². The van der Waals surface area contributed by atoms with Gasteiger partial charge in [0.15, 0.2) is 0 Å². The fraction of sp³-hybridized carbons (Fsp3) is 0.875. The summed E-state index contributed by atoms with van der Waals surface area (Å²) in [5.41, 5.74) is 5.45. The molecule has 1 fully saturated rings. The van der Waals surface area contributed by atoms with Crippen molar-refractivity contribution in [1.82, 2.24) is 10.1 Å². The summed E-state index contributed by atoms with van der Waals surface area (Å²) in [4.78, 5) is 4.64. The zero-order valence-corrected chi connectivity index (χ0v) is 13.8. The van der Waals surface area contributed by atoms with Crippen molar-refractivity contribution < 1.29 is 9.26 Å². The highest BCUT2D eigenvalue weighted by Crippen LogP contribution is 2.41. The first kappa shape index (κ1) is 16.4. The van der Waals surface area contributed by atoms with E-state index in [9.17, 15) is 0 Å². The van der Waals surface area contributed by atoms with Gasteiger partial charge in [0, 0.05) is 6.61 Å². The predicted molar refractivity (Wildman–Crippen MR) is 81.7 cm³/mol. The molecule has 1 saturated carbocycles. The maximum atomic E-state index is 6.36. The summed E-state index contributed by atoms with van der Waals surface area (Å²) < 4.78 is 11.6. The van der Waals surface area contributed by atoms with Crippen LogP contribution in [-0.4, -0.2) is 16.7 Å². The predicted octanol–water partition coefficient (Wildman–Crippen LogP) is 3.49. The number of aromatic nitrogens is 2. The molecule has 0 bridgehead atoms. The average molecular weight is 295 g/mol. The maximum Gasteiger partial charge on any atom is 0.246 e. The summed E-state index contributed by atoms with van der Waals surface area (Å²) in [6.45, 7) is 9.07. The molecule has 1 aliphatic rings. The van der Waals surface area contributed by atoms with Crippen molar-refractivity contribution in [3.63, 3.8) is 0 Å². The Kier molecular flexibility index (Phi) is 5.04. The van der Waals surface area contributed by atoms with Crippen molar-refractivity contribution in [2.75, 3.05) is 6.61 Å². The summed E-state index contributed by atoms with van der Waals surface area (Å²) >= 11 is 0. The summed E-state index contributed by atoms with van der Waals surface area (Å²) in [7, 11) is 0. The van der Waals surface area contributed by atoms with Gasteiger partial charge in [-0.05, 0) is 51.4 Å². The number of hydrogen-bond donors (Lipinski definition) is 1. The van der Waals surface area contributed by atoms with Crippen molar-refractivity contribution >= 4 is 0 Å². The Hall–Kier alpha value is -0.940. The largest absolute Gasteiger partial charge is 0.367 e. The first-order valence-corrected chi connectivity index (χ1v) is 8.27. The van der Waals surface area contributed by atoms with Gasteiger partial charge in [-0.2, -0.15) is 4.98 Å². The third-order valence-corrected chi connectivity index (χ3v) is 5.02. The molecule has 120 valence electrons. The minimum atomic E-state index is -0.527. The van der Waals surface area contributed by atoms with Crippen LogP contribution in [0.1, 0.15) is 77.9 Å². The molecule has 1 aromatic rings. The monoisotopic (exact) mass is 295 g/mol. The van der Waals surface area contributed by atoms with Crippen LogP contribution in [0.15, 0.2) is 4.52 Å². The maximum absolute atomic E-state index is 6.36. The van der Waals surface area contributed by atoms with Crippen LogP contribution < -0.4 is 5.73 Å². The lowest BCUT2D eigenvalue weighted by atomic mass is 9.79. The minimum absolute atomic E-state index is 0.384. The van der Waals surface area contributed by atoms with E-state index >= 15 is 0 Å². The number of hydrogen-bond acceptors (Lipinski definition) is 5. The molecule has 21 heavy (non-hydrogen) atoms. The molecule has 1 heterocycles. The molecule has 5 nitrogen and oxygen atoms in total. The van der Waals surface area contributed by atoms with Crippen LogP contribution in [0, 0.1) is 5.92 Å². The van der Waals surface area contributed by atoms with Gasteiger partial charge in [-0.15, -0.1) is 0 Å². The Balaban J connectivity index is 2.28. The second-order valence-corrected chi connectivity index (χ2v) is 6.40. The van der Waals surface area contributed by atoms with E-state index in [-0.39, 0.29) is 5.60 Å². The Morgan fingerprint density at radius 1 is 1.29 bits per heavy atom. The minimum Gasteiger partial charge on any atom is -0.367 e. The van der Waals surface area contributed by atoms with Gasteiger partial charge >= 0.3 is 0 Å². The lowest BCUT2D eigenvalue weighted by molar-refractivity contribution is -0.0847. The Labute approximate surface area is 127 Å². The Morgan fingerprint density at radius 3 is 2.43 bits per heavy atom. The smallest absolute Gasteiger partial charge is 0.246 e. The van der Waals surface area contributed by atoms with Crippen LogP contribution in [0.3, 0.4) is 0 Å². The van der Waals surface area contributed by atoms with Gasteiger partial charge < -0.3 is 15.0 Å². The van der Waals surface area contributed by atoms with E-state index in [0.717, 1.165) is 44.4 Å². The molecular weight excluding hydrogens is 266 g/mol. The highest BCUT2D eigenvalue weighted by atomic mass is 16.5. The van der Waals surface area contributed by atoms with E-state index in [1.165, 1.54) is 0 Å². The summed E-state index contributed by atoms with van der Waals surface area (Å²) in [5, 5.41) is 4.23. The SMILES string of the molecule is CCOC1(c2noc(C(N)(CC)CC)n2)CCC(C)CC1. The second kappa shape index (κ2) is 6.44. The van der Waals surface area contributed by atoms with Gasteiger partial charge in [0.05, 0.1) is 5.54 Å². The standard InChI is InChI=1S/C16H29N3O2/c1-5-15(17,6-2)14-18-13(19-21-14)16(20-7-3)10-8-12(4)9-11-16/h12H,5-11,17H2,1-4H3. The van der Waals surface area contributed by atoms with E-state index < -0.39 is 5.54 Å². The van der Waals surface area contributed by atoms with Crippen molar-refractivity contribution in [1.29, 1.82) is 0 Å². The van der Waals surface area contributed by atoms with Crippen LogP contribution in [-0.2, 0) is 15.9 Å². The van der Waals surface area contributed by atoms with Crippen molar-refractivity contribution in [3.05, 3.63) is 11.7 Å². The molecule has 2 rings (SSSR count). The lowest BCUT2D eigenvalue weighted by Gasteiger charge is -2.36. The fourth-order valence-electron chi connectivity index (χ4n) is 3.10.